The monoisotopic (exact) mass is 366 g/mol. The fourth-order valence-electron chi connectivity index (χ4n) is 4.34. The predicted molar refractivity (Wildman–Crippen MR) is 114 cm³/mol. The molecule has 0 saturated heterocycles. The average molecular weight is 366 g/mol. The molecule has 0 bridgehead atoms. The fourth-order valence-corrected chi connectivity index (χ4v) is 11.0. The molecular formula is C23H27O2P. The van der Waals surface area contributed by atoms with Gasteiger partial charge in [-0.15, -0.1) is 0 Å². The third kappa shape index (κ3) is 2.99. The Morgan fingerprint density at radius 3 is 1.19 bits per heavy atom. The molecule has 0 aromatic heterocycles. The molecule has 2 N–H and O–H groups in total. The van der Waals surface area contributed by atoms with Gasteiger partial charge in [-0.3, -0.25) is 0 Å². The Morgan fingerprint density at radius 1 is 0.500 bits per heavy atom. The van der Waals surface area contributed by atoms with E-state index >= 15 is 0 Å². The summed E-state index contributed by atoms with van der Waals surface area (Å²) in [7, 11) is 0. The van der Waals surface area contributed by atoms with Crippen molar-refractivity contribution in [1.29, 1.82) is 0 Å². The molecule has 0 spiro atoms. The molecule has 0 fully saturated rings. The van der Waals surface area contributed by atoms with E-state index in [9.17, 15) is 10.2 Å². The van der Waals surface area contributed by atoms with Crippen LogP contribution in [-0.4, -0.2) is 35.8 Å². The van der Waals surface area contributed by atoms with Crippen molar-refractivity contribution in [3.63, 3.8) is 0 Å². The van der Waals surface area contributed by atoms with E-state index in [0.29, 0.717) is 12.6 Å². The number of hydrogen-bond acceptors (Lipinski definition) is 2. The van der Waals surface area contributed by atoms with E-state index in [-0.39, 0.29) is 13.2 Å². The number of aliphatic hydroxyl groups is 2. The van der Waals surface area contributed by atoms with Crippen molar-refractivity contribution in [3.8, 4) is 0 Å². The Kier molecular flexibility index (Phi) is 5.88. The number of rotatable bonds is 8. The van der Waals surface area contributed by atoms with Gasteiger partial charge in [-0.25, -0.2) is 0 Å². The summed E-state index contributed by atoms with van der Waals surface area (Å²) in [5, 5.41) is 23.8. The molecule has 136 valence electrons. The first-order valence-corrected chi connectivity index (χ1v) is 11.8. The second-order valence-electron chi connectivity index (χ2n) is 6.76. The van der Waals surface area contributed by atoms with Crippen molar-refractivity contribution >= 4 is 22.5 Å². The van der Waals surface area contributed by atoms with Gasteiger partial charge in [0.25, 0.3) is 0 Å². The van der Waals surface area contributed by atoms with E-state index in [2.05, 4.69) is 72.8 Å². The van der Waals surface area contributed by atoms with Crippen LogP contribution in [0.3, 0.4) is 0 Å². The average Bonchev–Trinajstić information content (AvgIpc) is 2.73. The Labute approximate surface area is 156 Å². The number of aliphatic hydroxyl groups excluding tert-OH is 2. The molecule has 0 amide bonds. The topological polar surface area (TPSA) is 40.5 Å². The van der Waals surface area contributed by atoms with Crippen molar-refractivity contribution in [3.05, 3.63) is 91.0 Å². The van der Waals surface area contributed by atoms with Crippen LogP contribution in [0.15, 0.2) is 91.0 Å². The van der Waals surface area contributed by atoms with Gasteiger partial charge in [0.2, 0.25) is 0 Å². The molecule has 3 heteroatoms. The van der Waals surface area contributed by atoms with E-state index in [1.54, 1.807) is 0 Å². The summed E-state index contributed by atoms with van der Waals surface area (Å²) in [6.45, 7) is -2.66. The first-order valence-electron chi connectivity index (χ1n) is 9.17. The van der Waals surface area contributed by atoms with Crippen LogP contribution < -0.4 is 15.9 Å². The Hall–Kier alpha value is -1.99. The van der Waals surface area contributed by atoms with Crippen molar-refractivity contribution in [2.24, 2.45) is 0 Å². The zero-order chi connectivity index (χ0) is 18.3. The first-order chi connectivity index (χ1) is 12.8. The van der Waals surface area contributed by atoms with Gasteiger partial charge in [0.15, 0.2) is 0 Å². The molecule has 2 nitrogen and oxygen atoms in total. The van der Waals surface area contributed by atoms with Gasteiger partial charge in [-0.1, -0.05) is 0 Å². The van der Waals surface area contributed by atoms with Crippen LogP contribution in [0.25, 0.3) is 0 Å². The molecule has 0 atom stereocenters. The van der Waals surface area contributed by atoms with E-state index in [0.717, 1.165) is 6.16 Å². The van der Waals surface area contributed by atoms with Crippen LogP contribution in [0.5, 0.6) is 0 Å². The molecule has 0 radical (unpaired) electrons. The second-order valence-corrected chi connectivity index (χ2v) is 12.2. The zero-order valence-corrected chi connectivity index (χ0v) is 15.9. The minimum absolute atomic E-state index is 0.113. The number of hydrogen-bond donors (Lipinski definition) is 2. The van der Waals surface area contributed by atoms with Crippen LogP contribution in [0.2, 0.25) is 0 Å². The second kappa shape index (κ2) is 8.14. The van der Waals surface area contributed by atoms with E-state index in [1.807, 2.05) is 18.2 Å². The first kappa shape index (κ1) is 18.8. The molecule has 0 unspecified atom stereocenters. The van der Waals surface area contributed by atoms with E-state index in [1.165, 1.54) is 15.9 Å². The molecule has 0 heterocycles. The van der Waals surface area contributed by atoms with Crippen molar-refractivity contribution in [2.75, 3.05) is 25.5 Å². The van der Waals surface area contributed by atoms with Crippen molar-refractivity contribution in [1.82, 2.24) is 0 Å². The molecule has 26 heavy (non-hydrogen) atoms. The van der Waals surface area contributed by atoms with Crippen LogP contribution >= 0.6 is 6.60 Å². The third-order valence-electron chi connectivity index (χ3n) is 5.54. The summed E-state index contributed by atoms with van der Waals surface area (Å²) < 4.78 is 0. The van der Waals surface area contributed by atoms with Gasteiger partial charge < -0.3 is 0 Å². The van der Waals surface area contributed by atoms with E-state index < -0.39 is 6.60 Å². The third-order valence-corrected chi connectivity index (χ3v) is 12.7. The van der Waals surface area contributed by atoms with Gasteiger partial charge in [0.1, 0.15) is 0 Å². The SMILES string of the molecule is OCCCP(CCO)(c1ccccc1)(c1ccccc1)c1ccccc1. The van der Waals surface area contributed by atoms with Crippen LogP contribution in [0.4, 0.5) is 0 Å². The van der Waals surface area contributed by atoms with Gasteiger partial charge in [-0.05, 0) is 0 Å². The minimum atomic E-state index is -2.92. The normalized spacial score (nSPS) is 13.1. The molecular weight excluding hydrogens is 339 g/mol. The van der Waals surface area contributed by atoms with Crippen molar-refractivity contribution in [2.45, 2.75) is 6.42 Å². The summed E-state index contributed by atoms with van der Waals surface area (Å²) in [5.74, 6) is 0. The standard InChI is InChI=1S/C23H27O2P/c24-17-10-19-26(20-18-25,21-11-4-1-5-12-21,22-13-6-2-7-14-22)23-15-8-3-9-16-23/h1-9,11-16,24-25H,10,17-20H2. The maximum absolute atomic E-state index is 10.2. The molecule has 0 aliphatic rings. The van der Waals surface area contributed by atoms with Gasteiger partial charge in [0, 0.05) is 0 Å². The summed E-state index contributed by atoms with van der Waals surface area (Å²) >= 11 is 0. The maximum atomic E-state index is 10.2. The fraction of sp³-hybridized carbons (Fsp3) is 0.217. The van der Waals surface area contributed by atoms with Crippen LogP contribution in [0.1, 0.15) is 6.42 Å². The molecule has 0 aliphatic carbocycles. The summed E-state index contributed by atoms with van der Waals surface area (Å²) in [6.07, 6.45) is 2.24. The Bertz CT molecular complexity index is 704. The van der Waals surface area contributed by atoms with Gasteiger partial charge in [0.05, 0.1) is 0 Å². The molecule has 3 aromatic rings. The Morgan fingerprint density at radius 2 is 0.885 bits per heavy atom. The van der Waals surface area contributed by atoms with E-state index in [4.69, 9.17) is 0 Å². The van der Waals surface area contributed by atoms with Gasteiger partial charge in [-0.2, -0.15) is 0 Å². The quantitative estimate of drug-likeness (QED) is 0.602. The molecule has 3 aromatic carbocycles. The van der Waals surface area contributed by atoms with Crippen LogP contribution in [-0.2, 0) is 0 Å². The Balaban J connectivity index is 2.45. The summed E-state index contributed by atoms with van der Waals surface area (Å²) in [6, 6.07) is 31.8. The van der Waals surface area contributed by atoms with Crippen LogP contribution in [0, 0.1) is 0 Å². The summed E-state index contributed by atoms with van der Waals surface area (Å²) in [4.78, 5) is 0. The number of benzene rings is 3. The van der Waals surface area contributed by atoms with Crippen molar-refractivity contribution < 1.29 is 10.2 Å². The molecule has 0 aliphatic heterocycles. The van der Waals surface area contributed by atoms with Gasteiger partial charge >= 0.3 is 156 Å². The predicted octanol–water partition coefficient (Wildman–Crippen LogP) is 2.89. The summed E-state index contributed by atoms with van der Waals surface area (Å²) in [5.41, 5.74) is 0. The molecule has 3 rings (SSSR count). The zero-order valence-electron chi connectivity index (χ0n) is 15.0. The molecule has 0 saturated carbocycles.